The average molecular weight is 391 g/mol. The number of aliphatic hydroxyl groups excluding tert-OH is 1. The Morgan fingerprint density at radius 2 is 1.85 bits per heavy atom. The first-order valence-electron chi connectivity index (χ1n) is 8.84. The second kappa shape index (κ2) is 12.0. The Morgan fingerprint density at radius 3 is 2.31 bits per heavy atom. The monoisotopic (exact) mass is 391 g/mol. The zero-order valence-electron chi connectivity index (χ0n) is 15.9. The number of carbonyl (C=O) groups is 1. The molecule has 148 valence electrons. The fourth-order valence-electron chi connectivity index (χ4n) is 2.29. The SMILES string of the molecule is CC.CC.CC(CSc1ccc(C(F)(F)F)cn1)C1CC(=O)C=C(O)C1. The minimum atomic E-state index is -4.38. The quantitative estimate of drug-likeness (QED) is 0.612. The van der Waals surface area contributed by atoms with E-state index in [-0.39, 0.29) is 23.4 Å². The van der Waals surface area contributed by atoms with Gasteiger partial charge in [0.1, 0.15) is 0 Å². The first kappa shape index (κ1) is 24.5. The van der Waals surface area contributed by atoms with Gasteiger partial charge in [-0.25, -0.2) is 4.98 Å². The van der Waals surface area contributed by atoms with E-state index in [1.165, 1.54) is 23.9 Å². The Hall–Kier alpha value is -1.50. The third-order valence-corrected chi connectivity index (χ3v) is 4.85. The predicted molar refractivity (Wildman–Crippen MR) is 100 cm³/mol. The van der Waals surface area contributed by atoms with Crippen molar-refractivity contribution in [2.45, 2.75) is 58.7 Å². The summed E-state index contributed by atoms with van der Waals surface area (Å²) in [5, 5.41) is 10.0. The molecule has 0 spiro atoms. The lowest BCUT2D eigenvalue weighted by Crippen LogP contribution is -2.22. The molecule has 0 amide bonds. The molecule has 1 N–H and O–H groups in total. The van der Waals surface area contributed by atoms with Crippen molar-refractivity contribution in [1.82, 2.24) is 4.98 Å². The van der Waals surface area contributed by atoms with Crippen molar-refractivity contribution in [3.05, 3.63) is 35.7 Å². The highest BCUT2D eigenvalue weighted by Crippen LogP contribution is 2.32. The Kier molecular flexibility index (Phi) is 11.3. The van der Waals surface area contributed by atoms with Gasteiger partial charge in [0.15, 0.2) is 5.78 Å². The van der Waals surface area contributed by atoms with Crippen LogP contribution < -0.4 is 0 Å². The van der Waals surface area contributed by atoms with Gasteiger partial charge < -0.3 is 5.11 Å². The normalized spacial score (nSPS) is 17.9. The number of carbonyl (C=O) groups excluding carboxylic acids is 1. The number of halogens is 3. The lowest BCUT2D eigenvalue weighted by molar-refractivity contribution is -0.137. The van der Waals surface area contributed by atoms with Crippen LogP contribution >= 0.6 is 11.8 Å². The summed E-state index contributed by atoms with van der Waals surface area (Å²) < 4.78 is 37.3. The molecule has 26 heavy (non-hydrogen) atoms. The van der Waals surface area contributed by atoms with E-state index >= 15 is 0 Å². The van der Waals surface area contributed by atoms with Crippen LogP contribution in [0.15, 0.2) is 35.2 Å². The average Bonchev–Trinajstić information content (AvgIpc) is 2.62. The van der Waals surface area contributed by atoms with E-state index in [0.717, 1.165) is 12.3 Å². The number of allylic oxidation sites excluding steroid dienone is 2. The number of ketones is 1. The summed E-state index contributed by atoms with van der Waals surface area (Å²) >= 11 is 1.35. The molecule has 3 nitrogen and oxygen atoms in total. The molecule has 1 heterocycles. The van der Waals surface area contributed by atoms with Crippen LogP contribution in [0.3, 0.4) is 0 Å². The van der Waals surface area contributed by atoms with Crippen LogP contribution in [0.25, 0.3) is 0 Å². The third kappa shape index (κ3) is 8.25. The number of pyridine rings is 1. The molecule has 2 atom stereocenters. The van der Waals surface area contributed by atoms with Crippen molar-refractivity contribution >= 4 is 17.5 Å². The molecule has 1 aromatic rings. The first-order chi connectivity index (χ1) is 12.3. The van der Waals surface area contributed by atoms with Gasteiger partial charge in [-0.15, -0.1) is 11.8 Å². The summed E-state index contributed by atoms with van der Waals surface area (Å²) in [4.78, 5) is 15.2. The Balaban J connectivity index is 0.00000146. The Labute approximate surface area is 158 Å². The lowest BCUT2D eigenvalue weighted by Gasteiger charge is -2.25. The Bertz CT molecular complexity index is 571. The van der Waals surface area contributed by atoms with Crippen LogP contribution in [0, 0.1) is 11.8 Å². The maximum atomic E-state index is 12.4. The Morgan fingerprint density at radius 1 is 1.23 bits per heavy atom. The molecule has 0 saturated carbocycles. The van der Waals surface area contributed by atoms with E-state index in [4.69, 9.17) is 0 Å². The molecule has 0 fully saturated rings. The molecule has 0 aliphatic heterocycles. The van der Waals surface area contributed by atoms with E-state index in [0.29, 0.717) is 23.6 Å². The van der Waals surface area contributed by atoms with Gasteiger partial charge in [0, 0.05) is 30.9 Å². The number of nitrogens with zero attached hydrogens (tertiary/aromatic N) is 1. The number of aliphatic hydroxyl groups is 1. The fraction of sp³-hybridized carbons (Fsp3) is 0.579. The molecular formula is C19H28F3NO2S. The third-order valence-electron chi connectivity index (χ3n) is 3.62. The molecule has 2 unspecified atom stereocenters. The summed E-state index contributed by atoms with van der Waals surface area (Å²) in [6.07, 6.45) is -1.44. The molecule has 0 radical (unpaired) electrons. The van der Waals surface area contributed by atoms with Crippen LogP contribution in [-0.2, 0) is 11.0 Å². The van der Waals surface area contributed by atoms with Crippen molar-refractivity contribution in [3.8, 4) is 0 Å². The van der Waals surface area contributed by atoms with Crippen LogP contribution in [0.4, 0.5) is 13.2 Å². The topological polar surface area (TPSA) is 50.2 Å². The zero-order valence-corrected chi connectivity index (χ0v) is 16.7. The number of aromatic nitrogens is 1. The van der Waals surface area contributed by atoms with Gasteiger partial charge in [0.05, 0.1) is 16.3 Å². The molecule has 1 aromatic heterocycles. The number of alkyl halides is 3. The van der Waals surface area contributed by atoms with Crippen molar-refractivity contribution in [1.29, 1.82) is 0 Å². The van der Waals surface area contributed by atoms with Crippen molar-refractivity contribution in [2.75, 3.05) is 5.75 Å². The second-order valence-corrected chi connectivity index (χ2v) is 6.48. The molecular weight excluding hydrogens is 363 g/mol. The van der Waals surface area contributed by atoms with E-state index in [9.17, 15) is 23.1 Å². The van der Waals surface area contributed by atoms with E-state index in [2.05, 4.69) is 4.98 Å². The molecule has 0 saturated heterocycles. The standard InChI is InChI=1S/C15H16F3NO2S.2C2H6/c1-9(10-4-12(20)6-13(21)5-10)8-22-14-3-2-11(7-19-14)15(16,17)18;2*1-2/h2-3,6-7,9-10,20H,4-5,8H2,1H3;2*1-2H3. The summed E-state index contributed by atoms with van der Waals surface area (Å²) in [6, 6.07) is 2.36. The van der Waals surface area contributed by atoms with Gasteiger partial charge >= 0.3 is 6.18 Å². The van der Waals surface area contributed by atoms with Gasteiger partial charge in [-0.2, -0.15) is 13.2 Å². The smallest absolute Gasteiger partial charge is 0.417 e. The van der Waals surface area contributed by atoms with Gasteiger partial charge in [-0.1, -0.05) is 34.6 Å². The second-order valence-electron chi connectivity index (χ2n) is 5.44. The molecule has 0 bridgehead atoms. The summed E-state index contributed by atoms with van der Waals surface area (Å²) in [7, 11) is 0. The maximum Gasteiger partial charge on any atom is 0.417 e. The van der Waals surface area contributed by atoms with Crippen molar-refractivity contribution in [2.24, 2.45) is 11.8 Å². The van der Waals surface area contributed by atoms with Gasteiger partial charge in [-0.3, -0.25) is 4.79 Å². The van der Waals surface area contributed by atoms with E-state index in [1.807, 2.05) is 34.6 Å². The maximum absolute atomic E-state index is 12.4. The van der Waals surface area contributed by atoms with Crippen molar-refractivity contribution < 1.29 is 23.1 Å². The highest BCUT2D eigenvalue weighted by Gasteiger charge is 2.30. The fourth-order valence-corrected chi connectivity index (χ4v) is 3.29. The molecule has 7 heteroatoms. The van der Waals surface area contributed by atoms with Gasteiger partial charge in [0.25, 0.3) is 0 Å². The number of rotatable bonds is 4. The zero-order chi connectivity index (χ0) is 20.3. The van der Waals surface area contributed by atoms with Crippen LogP contribution in [0.5, 0.6) is 0 Å². The van der Waals surface area contributed by atoms with Gasteiger partial charge in [-0.05, 0) is 24.0 Å². The number of hydrogen-bond donors (Lipinski definition) is 1. The largest absolute Gasteiger partial charge is 0.512 e. The number of thioether (sulfide) groups is 1. The van der Waals surface area contributed by atoms with Crippen LogP contribution in [0.2, 0.25) is 0 Å². The highest BCUT2D eigenvalue weighted by atomic mass is 32.2. The van der Waals surface area contributed by atoms with Crippen molar-refractivity contribution in [3.63, 3.8) is 0 Å². The summed E-state index contributed by atoms with van der Waals surface area (Å²) in [6.45, 7) is 9.97. The molecule has 1 aliphatic rings. The molecule has 1 aliphatic carbocycles. The summed E-state index contributed by atoms with van der Waals surface area (Å²) in [5.41, 5.74) is -0.766. The van der Waals surface area contributed by atoms with Crippen LogP contribution in [0.1, 0.15) is 53.0 Å². The highest BCUT2D eigenvalue weighted by molar-refractivity contribution is 7.99. The minimum absolute atomic E-state index is 0.0550. The molecule has 0 aromatic carbocycles. The lowest BCUT2D eigenvalue weighted by atomic mass is 9.84. The van der Waals surface area contributed by atoms with E-state index < -0.39 is 11.7 Å². The first-order valence-corrected chi connectivity index (χ1v) is 9.82. The molecule has 2 rings (SSSR count). The summed E-state index contributed by atoms with van der Waals surface area (Å²) in [5.74, 6) is 0.848. The minimum Gasteiger partial charge on any atom is -0.512 e. The van der Waals surface area contributed by atoms with Gasteiger partial charge in [0.2, 0.25) is 0 Å². The van der Waals surface area contributed by atoms with Crippen LogP contribution in [-0.4, -0.2) is 21.6 Å². The predicted octanol–water partition coefficient (Wildman–Crippen LogP) is 6.30. The van der Waals surface area contributed by atoms with E-state index in [1.54, 1.807) is 0 Å². The number of hydrogen-bond acceptors (Lipinski definition) is 4.